The molecule has 0 aliphatic heterocycles. The molecule has 0 radical (unpaired) electrons. The Kier molecular flexibility index (Phi) is 6.12. The van der Waals surface area contributed by atoms with Crippen LogP contribution < -0.4 is 0 Å². The van der Waals surface area contributed by atoms with E-state index in [4.69, 9.17) is 14.7 Å². The lowest BCUT2D eigenvalue weighted by Crippen LogP contribution is -2.35. The number of ether oxygens (including phenoxy) is 1. The Morgan fingerprint density at radius 3 is 2.35 bits per heavy atom. The molecule has 23 heavy (non-hydrogen) atoms. The molecular formula is C17H24N4OS. The van der Waals surface area contributed by atoms with Crippen LogP contribution in [0, 0.1) is 0 Å². The molecule has 0 amide bonds. The van der Waals surface area contributed by atoms with Crippen LogP contribution in [-0.4, -0.2) is 56.0 Å². The van der Waals surface area contributed by atoms with Crippen molar-refractivity contribution in [3.8, 4) is 10.4 Å². The quantitative estimate of drug-likeness (QED) is 0.623. The van der Waals surface area contributed by atoms with E-state index in [2.05, 4.69) is 12.1 Å². The second kappa shape index (κ2) is 8.08. The molecule has 0 aliphatic carbocycles. The van der Waals surface area contributed by atoms with Crippen molar-refractivity contribution in [2.75, 3.05) is 35.3 Å². The molecule has 0 fully saturated rings. The van der Waals surface area contributed by atoms with E-state index >= 15 is 0 Å². The van der Waals surface area contributed by atoms with Gasteiger partial charge in [0, 0.05) is 35.3 Å². The molecule has 0 aliphatic rings. The van der Waals surface area contributed by atoms with E-state index in [0.717, 1.165) is 16.7 Å². The van der Waals surface area contributed by atoms with Gasteiger partial charge in [-0.3, -0.25) is 0 Å². The highest BCUT2D eigenvalue weighted by Gasteiger charge is 2.13. The summed E-state index contributed by atoms with van der Waals surface area (Å²) in [5.74, 6) is 0.922. The van der Waals surface area contributed by atoms with Crippen molar-refractivity contribution in [1.82, 2.24) is 14.8 Å². The van der Waals surface area contributed by atoms with Gasteiger partial charge in [-0.15, -0.1) is 11.3 Å². The largest absolute Gasteiger partial charge is 0.378 e. The lowest BCUT2D eigenvalue weighted by Gasteiger charge is -2.22. The summed E-state index contributed by atoms with van der Waals surface area (Å²) in [6.45, 7) is 1.08. The molecule has 1 aromatic heterocycles. The molecule has 6 heteroatoms. The molecule has 1 heterocycles. The second-order valence-electron chi connectivity index (χ2n) is 5.59. The van der Waals surface area contributed by atoms with Crippen LogP contribution in [0.2, 0.25) is 0 Å². The highest BCUT2D eigenvalue weighted by molar-refractivity contribution is 7.15. The molecule has 0 bridgehead atoms. The summed E-state index contributed by atoms with van der Waals surface area (Å²) in [5, 5.41) is 0.979. The number of hydrogen-bond acceptors (Lipinski definition) is 4. The normalized spacial score (nSPS) is 10.5. The molecule has 0 N–H and O–H groups in total. The van der Waals surface area contributed by atoms with Crippen molar-refractivity contribution < 1.29 is 4.74 Å². The zero-order valence-electron chi connectivity index (χ0n) is 14.4. The Hall–Kier alpha value is -1.92. The van der Waals surface area contributed by atoms with Crippen molar-refractivity contribution in [1.29, 1.82) is 0 Å². The molecule has 1 aromatic carbocycles. The van der Waals surface area contributed by atoms with E-state index < -0.39 is 0 Å². The molecule has 0 saturated carbocycles. The minimum absolute atomic E-state index is 0.530. The van der Waals surface area contributed by atoms with Gasteiger partial charge in [-0.1, -0.05) is 30.3 Å². The first-order valence-electron chi connectivity index (χ1n) is 7.45. The minimum atomic E-state index is 0.530. The molecule has 0 atom stereocenters. The standard InChI is InChI=1S/C17H24N4OS/c1-20(2)17(21(3)4)18-11-14-16(13-9-7-6-8-10-13)23-15(19-14)12-22-5/h6-10H,11-12H2,1-5H3. The molecule has 5 nitrogen and oxygen atoms in total. The van der Waals surface area contributed by atoms with Crippen LogP contribution in [0.1, 0.15) is 10.7 Å². The van der Waals surface area contributed by atoms with Gasteiger partial charge in [-0.2, -0.15) is 0 Å². The topological polar surface area (TPSA) is 41.0 Å². The third-order valence-electron chi connectivity index (χ3n) is 3.22. The van der Waals surface area contributed by atoms with Crippen molar-refractivity contribution in [2.24, 2.45) is 4.99 Å². The lowest BCUT2D eigenvalue weighted by atomic mass is 10.1. The fourth-order valence-corrected chi connectivity index (χ4v) is 3.39. The zero-order valence-corrected chi connectivity index (χ0v) is 15.2. The summed E-state index contributed by atoms with van der Waals surface area (Å²) in [7, 11) is 9.67. The summed E-state index contributed by atoms with van der Waals surface area (Å²) in [4.78, 5) is 14.6. The number of guanidine groups is 1. The van der Waals surface area contributed by atoms with Crippen LogP contribution >= 0.6 is 11.3 Å². The van der Waals surface area contributed by atoms with Crippen LogP contribution in [0.15, 0.2) is 35.3 Å². The number of nitrogens with zero attached hydrogens (tertiary/aromatic N) is 4. The van der Waals surface area contributed by atoms with Gasteiger partial charge in [0.05, 0.1) is 23.7 Å². The highest BCUT2D eigenvalue weighted by Crippen LogP contribution is 2.31. The van der Waals surface area contributed by atoms with E-state index in [1.54, 1.807) is 18.4 Å². The molecule has 2 rings (SSSR count). The van der Waals surface area contributed by atoms with E-state index in [1.807, 2.05) is 56.2 Å². The lowest BCUT2D eigenvalue weighted by molar-refractivity contribution is 0.184. The maximum Gasteiger partial charge on any atom is 0.195 e. The van der Waals surface area contributed by atoms with Gasteiger partial charge in [0.25, 0.3) is 0 Å². The third kappa shape index (κ3) is 4.53. The Morgan fingerprint density at radius 1 is 1.13 bits per heavy atom. The highest BCUT2D eigenvalue weighted by atomic mass is 32.1. The summed E-state index contributed by atoms with van der Waals surface area (Å²) >= 11 is 1.67. The number of benzene rings is 1. The predicted molar refractivity (Wildman–Crippen MR) is 96.8 cm³/mol. The summed E-state index contributed by atoms with van der Waals surface area (Å²) in [6.07, 6.45) is 0. The minimum Gasteiger partial charge on any atom is -0.378 e. The van der Waals surface area contributed by atoms with E-state index in [9.17, 15) is 0 Å². The van der Waals surface area contributed by atoms with E-state index in [1.165, 1.54) is 10.4 Å². The summed E-state index contributed by atoms with van der Waals surface area (Å²) < 4.78 is 5.23. The van der Waals surface area contributed by atoms with Crippen molar-refractivity contribution in [3.05, 3.63) is 41.0 Å². The summed E-state index contributed by atoms with van der Waals surface area (Å²) in [6, 6.07) is 10.3. The molecule has 0 spiro atoms. The number of aliphatic imine (C=N–C) groups is 1. The smallest absolute Gasteiger partial charge is 0.195 e. The van der Waals surface area contributed by atoms with Gasteiger partial charge in [-0.05, 0) is 5.56 Å². The first kappa shape index (κ1) is 17.4. The number of hydrogen-bond donors (Lipinski definition) is 0. The van der Waals surface area contributed by atoms with Crippen molar-refractivity contribution in [2.45, 2.75) is 13.2 Å². The monoisotopic (exact) mass is 332 g/mol. The Morgan fingerprint density at radius 2 is 1.78 bits per heavy atom. The number of thiazole rings is 1. The molecule has 2 aromatic rings. The van der Waals surface area contributed by atoms with Crippen molar-refractivity contribution in [3.63, 3.8) is 0 Å². The van der Waals surface area contributed by atoms with Gasteiger partial charge >= 0.3 is 0 Å². The molecular weight excluding hydrogens is 308 g/mol. The average Bonchev–Trinajstić information content (AvgIpc) is 2.91. The maximum atomic E-state index is 5.23. The van der Waals surface area contributed by atoms with Gasteiger partial charge in [0.2, 0.25) is 0 Å². The predicted octanol–water partition coefficient (Wildman–Crippen LogP) is 2.94. The Labute approximate surface area is 142 Å². The van der Waals surface area contributed by atoms with Crippen LogP contribution in [0.3, 0.4) is 0 Å². The van der Waals surface area contributed by atoms with Gasteiger partial charge in [0.1, 0.15) is 5.01 Å². The molecule has 0 unspecified atom stereocenters. The van der Waals surface area contributed by atoms with Gasteiger partial charge < -0.3 is 14.5 Å². The SMILES string of the molecule is COCc1nc(CN=C(N(C)C)N(C)C)c(-c2ccccc2)s1. The molecule has 124 valence electrons. The fraction of sp³-hybridized carbons (Fsp3) is 0.412. The molecule has 0 saturated heterocycles. The third-order valence-corrected chi connectivity index (χ3v) is 4.34. The van der Waals surface area contributed by atoms with Crippen LogP contribution in [0.4, 0.5) is 0 Å². The number of rotatable bonds is 5. The average molecular weight is 332 g/mol. The first-order chi connectivity index (χ1) is 11.0. The van der Waals surface area contributed by atoms with Gasteiger partial charge in [-0.25, -0.2) is 9.98 Å². The van der Waals surface area contributed by atoms with Crippen molar-refractivity contribution >= 4 is 17.3 Å². The van der Waals surface area contributed by atoms with Gasteiger partial charge in [0.15, 0.2) is 5.96 Å². The van der Waals surface area contributed by atoms with E-state index in [-0.39, 0.29) is 0 Å². The second-order valence-corrected chi connectivity index (χ2v) is 6.67. The van der Waals surface area contributed by atoms with Crippen LogP contribution in [-0.2, 0) is 17.9 Å². The number of methoxy groups -OCH3 is 1. The van der Waals surface area contributed by atoms with E-state index in [0.29, 0.717) is 13.2 Å². The number of aromatic nitrogens is 1. The summed E-state index contributed by atoms with van der Waals surface area (Å²) in [5.41, 5.74) is 2.17. The first-order valence-corrected chi connectivity index (χ1v) is 8.26. The zero-order chi connectivity index (χ0) is 16.8. The fourth-order valence-electron chi connectivity index (χ4n) is 2.34. The Bertz CT molecular complexity index is 640. The Balaban J connectivity index is 2.35. The van der Waals surface area contributed by atoms with Crippen LogP contribution in [0.5, 0.6) is 0 Å². The van der Waals surface area contributed by atoms with Crippen LogP contribution in [0.25, 0.3) is 10.4 Å². The maximum absolute atomic E-state index is 5.23.